The Labute approximate surface area is 110 Å². The second kappa shape index (κ2) is 6.10. The molecule has 0 bridgehead atoms. The van der Waals surface area contributed by atoms with Gasteiger partial charge in [-0.1, -0.05) is 13.8 Å². The normalized spacial score (nSPS) is 25.4. The predicted molar refractivity (Wildman–Crippen MR) is 75.4 cm³/mol. The molecule has 4 heteroatoms. The molecule has 0 aromatic carbocycles. The minimum atomic E-state index is -0.0806. The average molecular weight is 258 g/mol. The second-order valence-electron chi connectivity index (χ2n) is 5.61. The molecule has 0 radical (unpaired) electrons. The predicted octanol–water partition coefficient (Wildman–Crippen LogP) is 1.97. The highest BCUT2D eigenvalue weighted by Gasteiger charge is 2.34. The molecule has 2 unspecified atom stereocenters. The average Bonchev–Trinajstić information content (AvgIpc) is 2.29. The molecule has 1 N–H and O–H groups in total. The Morgan fingerprint density at radius 3 is 2.76 bits per heavy atom. The number of thioether (sulfide) groups is 1. The molecule has 0 aromatic rings. The van der Waals surface area contributed by atoms with Crippen molar-refractivity contribution in [3.63, 3.8) is 0 Å². The molecule has 17 heavy (non-hydrogen) atoms. The van der Waals surface area contributed by atoms with Crippen molar-refractivity contribution in [2.45, 2.75) is 46.2 Å². The van der Waals surface area contributed by atoms with Crippen molar-refractivity contribution in [2.75, 3.05) is 25.1 Å². The molecule has 1 rings (SSSR count). The molecule has 0 aromatic heterocycles. The Balaban J connectivity index is 2.55. The summed E-state index contributed by atoms with van der Waals surface area (Å²) in [4.78, 5) is 13.8. The fraction of sp³-hybridized carbons (Fsp3) is 0.923. The van der Waals surface area contributed by atoms with Crippen molar-refractivity contribution >= 4 is 17.7 Å². The molecular weight excluding hydrogens is 232 g/mol. The number of carbonyl (C=O) groups excluding carboxylic acids is 1. The van der Waals surface area contributed by atoms with Gasteiger partial charge in [0.2, 0.25) is 5.91 Å². The molecule has 0 saturated carbocycles. The highest BCUT2D eigenvalue weighted by atomic mass is 32.2. The molecule has 0 spiro atoms. The first-order valence-electron chi connectivity index (χ1n) is 6.47. The van der Waals surface area contributed by atoms with Gasteiger partial charge in [-0.3, -0.25) is 4.79 Å². The zero-order valence-electron chi connectivity index (χ0n) is 11.7. The van der Waals surface area contributed by atoms with Crippen molar-refractivity contribution in [1.29, 1.82) is 0 Å². The van der Waals surface area contributed by atoms with Crippen LogP contribution in [0.1, 0.15) is 34.1 Å². The van der Waals surface area contributed by atoms with Crippen LogP contribution in [-0.2, 0) is 4.79 Å². The molecule has 0 aliphatic carbocycles. The number of rotatable bonds is 4. The number of hydrogen-bond donors (Lipinski definition) is 1. The lowest BCUT2D eigenvalue weighted by molar-refractivity contribution is -0.131. The van der Waals surface area contributed by atoms with Crippen LogP contribution in [0.15, 0.2) is 0 Å². The van der Waals surface area contributed by atoms with Crippen molar-refractivity contribution in [1.82, 2.24) is 10.2 Å². The van der Waals surface area contributed by atoms with Gasteiger partial charge in [-0.2, -0.15) is 11.8 Å². The smallest absolute Gasteiger partial charge is 0.239 e. The molecule has 1 fully saturated rings. The van der Waals surface area contributed by atoms with Gasteiger partial charge in [0, 0.05) is 25.4 Å². The Bertz CT molecular complexity index is 268. The fourth-order valence-electron chi connectivity index (χ4n) is 2.07. The highest BCUT2D eigenvalue weighted by molar-refractivity contribution is 7.99. The van der Waals surface area contributed by atoms with E-state index in [1.165, 1.54) is 12.2 Å². The van der Waals surface area contributed by atoms with Crippen molar-refractivity contribution < 1.29 is 4.79 Å². The Hall–Kier alpha value is -0.220. The minimum Gasteiger partial charge on any atom is -0.345 e. The third-order valence-electron chi connectivity index (χ3n) is 3.79. The van der Waals surface area contributed by atoms with E-state index in [4.69, 9.17) is 0 Å². The summed E-state index contributed by atoms with van der Waals surface area (Å²) in [6.45, 7) is 9.35. The van der Waals surface area contributed by atoms with Crippen LogP contribution < -0.4 is 5.32 Å². The third kappa shape index (κ3) is 3.88. The van der Waals surface area contributed by atoms with E-state index in [9.17, 15) is 4.79 Å². The van der Waals surface area contributed by atoms with E-state index < -0.39 is 0 Å². The first-order chi connectivity index (χ1) is 7.88. The Morgan fingerprint density at radius 1 is 1.59 bits per heavy atom. The number of hydrogen-bond acceptors (Lipinski definition) is 3. The minimum absolute atomic E-state index is 0.0806. The van der Waals surface area contributed by atoms with Crippen LogP contribution in [0.4, 0.5) is 0 Å². The van der Waals surface area contributed by atoms with Crippen LogP contribution in [0, 0.1) is 5.41 Å². The van der Waals surface area contributed by atoms with E-state index in [2.05, 4.69) is 19.2 Å². The number of nitrogens with one attached hydrogen (secondary N) is 1. The maximum atomic E-state index is 12.0. The van der Waals surface area contributed by atoms with Gasteiger partial charge in [0.25, 0.3) is 0 Å². The van der Waals surface area contributed by atoms with Crippen LogP contribution in [0.25, 0.3) is 0 Å². The van der Waals surface area contributed by atoms with Gasteiger partial charge < -0.3 is 10.2 Å². The number of amides is 1. The van der Waals surface area contributed by atoms with E-state index in [-0.39, 0.29) is 11.9 Å². The zero-order valence-corrected chi connectivity index (χ0v) is 12.6. The molecule has 1 saturated heterocycles. The SMILES string of the molecule is CCN(C)C(=O)C(C)NC1CSCCC1(C)C. The van der Waals surface area contributed by atoms with E-state index >= 15 is 0 Å². The summed E-state index contributed by atoms with van der Waals surface area (Å²) in [6.07, 6.45) is 1.22. The van der Waals surface area contributed by atoms with Gasteiger partial charge in [0.05, 0.1) is 6.04 Å². The van der Waals surface area contributed by atoms with Crippen molar-refractivity contribution in [3.05, 3.63) is 0 Å². The summed E-state index contributed by atoms with van der Waals surface area (Å²) in [7, 11) is 1.86. The quantitative estimate of drug-likeness (QED) is 0.837. The third-order valence-corrected chi connectivity index (χ3v) is 4.85. The Morgan fingerprint density at radius 2 is 2.24 bits per heavy atom. The summed E-state index contributed by atoms with van der Waals surface area (Å²) in [5, 5.41) is 3.51. The van der Waals surface area contributed by atoms with Gasteiger partial charge >= 0.3 is 0 Å². The van der Waals surface area contributed by atoms with E-state index in [0.717, 1.165) is 12.3 Å². The standard InChI is InChI=1S/C13H26N2OS/c1-6-15(5)12(16)10(2)14-11-9-17-8-7-13(11,3)4/h10-11,14H,6-9H2,1-5H3. The molecule has 1 amide bonds. The molecular formula is C13H26N2OS. The summed E-state index contributed by atoms with van der Waals surface area (Å²) in [5.74, 6) is 2.54. The maximum Gasteiger partial charge on any atom is 0.239 e. The molecule has 100 valence electrons. The molecule has 1 aliphatic rings. The lowest BCUT2D eigenvalue weighted by Crippen LogP contribution is -2.54. The number of likely N-dealkylation sites (N-methyl/N-ethyl adjacent to an activating group) is 1. The van der Waals surface area contributed by atoms with E-state index in [1.807, 2.05) is 32.7 Å². The van der Waals surface area contributed by atoms with Crippen LogP contribution in [0.3, 0.4) is 0 Å². The van der Waals surface area contributed by atoms with Crippen molar-refractivity contribution in [2.24, 2.45) is 5.41 Å². The zero-order chi connectivity index (χ0) is 13.1. The first-order valence-corrected chi connectivity index (χ1v) is 7.62. The topological polar surface area (TPSA) is 32.3 Å². The molecule has 1 heterocycles. The highest BCUT2D eigenvalue weighted by Crippen LogP contribution is 2.34. The monoisotopic (exact) mass is 258 g/mol. The molecule has 3 nitrogen and oxygen atoms in total. The van der Waals surface area contributed by atoms with Gasteiger partial charge in [0.15, 0.2) is 0 Å². The fourth-order valence-corrected chi connectivity index (χ4v) is 3.69. The maximum absolute atomic E-state index is 12.0. The lowest BCUT2D eigenvalue weighted by Gasteiger charge is -2.40. The molecule has 2 atom stereocenters. The summed E-state index contributed by atoms with van der Waals surface area (Å²) >= 11 is 1.99. The molecule has 1 aliphatic heterocycles. The number of carbonyl (C=O) groups is 1. The Kier molecular flexibility index (Phi) is 5.32. The van der Waals surface area contributed by atoms with Crippen LogP contribution in [0.5, 0.6) is 0 Å². The van der Waals surface area contributed by atoms with Crippen molar-refractivity contribution in [3.8, 4) is 0 Å². The largest absolute Gasteiger partial charge is 0.345 e. The van der Waals surface area contributed by atoms with E-state index in [0.29, 0.717) is 11.5 Å². The van der Waals surface area contributed by atoms with E-state index in [1.54, 1.807) is 4.90 Å². The number of nitrogens with zero attached hydrogens (tertiary/aromatic N) is 1. The van der Waals surface area contributed by atoms with Gasteiger partial charge in [-0.05, 0) is 31.4 Å². The summed E-state index contributed by atoms with van der Waals surface area (Å²) < 4.78 is 0. The van der Waals surface area contributed by atoms with Gasteiger partial charge in [-0.15, -0.1) is 0 Å². The van der Waals surface area contributed by atoms with Crippen LogP contribution in [-0.4, -0.2) is 48.0 Å². The van der Waals surface area contributed by atoms with Gasteiger partial charge in [-0.25, -0.2) is 0 Å². The summed E-state index contributed by atoms with van der Waals surface area (Å²) in [6, 6.07) is 0.355. The second-order valence-corrected chi connectivity index (χ2v) is 6.76. The van der Waals surface area contributed by atoms with Gasteiger partial charge in [0.1, 0.15) is 0 Å². The summed E-state index contributed by atoms with van der Waals surface area (Å²) in [5.41, 5.74) is 0.296. The van der Waals surface area contributed by atoms with Crippen LogP contribution >= 0.6 is 11.8 Å². The van der Waals surface area contributed by atoms with Crippen LogP contribution in [0.2, 0.25) is 0 Å². The first kappa shape index (κ1) is 14.8. The lowest BCUT2D eigenvalue weighted by atomic mass is 9.82.